The maximum atomic E-state index is 14.5. The van der Waals surface area contributed by atoms with Crippen molar-refractivity contribution >= 4 is 91.8 Å². The van der Waals surface area contributed by atoms with Crippen molar-refractivity contribution < 1.29 is 14.2 Å². The first-order chi connectivity index (χ1) is 34.4. The summed E-state index contributed by atoms with van der Waals surface area (Å²) < 4.78 is 11.9. The molecule has 3 aromatic heterocycles. The monoisotopic (exact) mass is 1010 g/mol. The standard InChI is InChI=1S/C58H59N7O2S4/c1-8-11-28-64-44-20-14-12-18-42(44)57(4,5)49(64)32-40-52(36(34-59)35-60)41(56(40)67)33-50-58(6,7)43-19-13-15-21-45(43)65(50)29-17-16-22-51(66)61-27-30-68-48-31-39(46-25-23-37(9-2)69-46)54-55(63-71-62-54)53(48)47-26-24-38(10-3)70-47/h12-15,18-21,23-26,31-33H,8-11,16-17,22,27-30H2,1-7H3,(H,61,66). The second-order valence-electron chi connectivity index (χ2n) is 19.3. The Bertz CT molecular complexity index is 3310. The number of ketones is 1. The average Bonchev–Trinajstić information content (AvgIpc) is 4.23. The predicted molar refractivity (Wildman–Crippen MR) is 297 cm³/mol. The number of unbranched alkanes of at least 4 members (excludes halogenated alkanes) is 2. The molecule has 0 atom stereocenters. The van der Waals surface area contributed by atoms with Crippen molar-refractivity contribution in [2.75, 3.05) is 30.3 Å². The van der Waals surface area contributed by atoms with Gasteiger partial charge in [0.25, 0.3) is 0 Å². The van der Waals surface area contributed by atoms with Crippen LogP contribution in [0.4, 0.5) is 11.4 Å². The Morgan fingerprint density at radius 2 is 1.58 bits per heavy atom. The number of benzene rings is 3. The van der Waals surface area contributed by atoms with Gasteiger partial charge in [-0.05, 0) is 87.6 Å². The van der Waals surface area contributed by atoms with E-state index in [2.05, 4.69) is 136 Å². The largest absolute Gasteiger partial charge is 0.762 e. The molecule has 3 aromatic carbocycles. The number of Topliss-reactive ketones (excluding diaryl/α,β-unsaturated/α-hetero) is 1. The third-order valence-corrected chi connectivity index (χ3v) is 18.2. The molecule has 9 rings (SSSR count). The number of hydrogen-bond acceptors (Lipinski definition) is 10. The minimum absolute atomic E-state index is 0.0185. The lowest BCUT2D eigenvalue weighted by Crippen LogP contribution is -2.32. The first kappa shape index (κ1) is 50.0. The van der Waals surface area contributed by atoms with Gasteiger partial charge < -0.3 is 15.6 Å². The van der Waals surface area contributed by atoms with Crippen LogP contribution in [0.15, 0.2) is 124 Å². The van der Waals surface area contributed by atoms with Gasteiger partial charge in [-0.3, -0.25) is 9.59 Å². The van der Waals surface area contributed by atoms with E-state index in [0.717, 1.165) is 94.1 Å². The summed E-state index contributed by atoms with van der Waals surface area (Å²) in [7, 11) is 0. The molecular weight excluding hydrogens is 955 g/mol. The Kier molecular flexibility index (Phi) is 14.8. The van der Waals surface area contributed by atoms with Gasteiger partial charge in [-0.15, -0.1) is 34.4 Å². The number of fused-ring (bicyclic) bond motifs is 3. The molecule has 0 fully saturated rings. The lowest BCUT2D eigenvalue weighted by molar-refractivity contribution is -0.438. The van der Waals surface area contributed by atoms with Crippen LogP contribution in [0, 0.1) is 11.3 Å². The van der Waals surface area contributed by atoms with Gasteiger partial charge >= 0.3 is 0 Å². The SMILES string of the molecule is CCCCN1/C(=C/C2=C(C(=C=[N-])C#N)C(=C\C3=[N+](CCCCC(=O)NCCSc4cc(-c5ccc(CC)s5)c5nsnc5c4-c4ccc(CC)s4)c4ccccc4C3(C)C)/C2=O)C(C)(C)c2ccccc21. The number of rotatable bonds is 19. The highest BCUT2D eigenvalue weighted by molar-refractivity contribution is 7.99. The zero-order valence-electron chi connectivity index (χ0n) is 41.6. The van der Waals surface area contributed by atoms with E-state index in [0.29, 0.717) is 48.4 Å². The number of carbonyl (C=O) groups is 2. The minimum Gasteiger partial charge on any atom is -0.762 e. The van der Waals surface area contributed by atoms with Crippen LogP contribution in [-0.4, -0.2) is 62.0 Å². The van der Waals surface area contributed by atoms with Crippen molar-refractivity contribution in [2.45, 2.75) is 109 Å². The molecule has 1 aliphatic carbocycles. The van der Waals surface area contributed by atoms with Gasteiger partial charge in [0.1, 0.15) is 23.6 Å². The third kappa shape index (κ3) is 9.37. The number of aromatic nitrogens is 2. The maximum Gasteiger partial charge on any atom is 0.220 e. The Balaban J connectivity index is 0.919. The summed E-state index contributed by atoms with van der Waals surface area (Å²) in [5, 5.41) is 23.8. The van der Waals surface area contributed by atoms with E-state index >= 15 is 0 Å². The molecule has 0 saturated heterocycles. The number of nitriles is 1. The summed E-state index contributed by atoms with van der Waals surface area (Å²) >= 11 is 6.63. The van der Waals surface area contributed by atoms with Gasteiger partial charge in [0.2, 0.25) is 11.6 Å². The van der Waals surface area contributed by atoms with Crippen LogP contribution in [-0.2, 0) is 33.3 Å². The van der Waals surface area contributed by atoms with Gasteiger partial charge in [0.15, 0.2) is 11.5 Å². The summed E-state index contributed by atoms with van der Waals surface area (Å²) in [6, 6.07) is 29.9. The van der Waals surface area contributed by atoms with E-state index in [-0.39, 0.29) is 17.3 Å². The van der Waals surface area contributed by atoms with Crippen molar-refractivity contribution in [3.8, 4) is 27.0 Å². The number of aryl methyl sites for hydroxylation is 2. The van der Waals surface area contributed by atoms with E-state index < -0.39 is 10.8 Å². The summed E-state index contributed by atoms with van der Waals surface area (Å²) in [6.45, 7) is 17.2. The van der Waals surface area contributed by atoms with Crippen molar-refractivity contribution in [2.24, 2.45) is 0 Å². The number of para-hydroxylation sites is 2. The second-order valence-corrected chi connectivity index (χ2v) is 23.3. The summed E-state index contributed by atoms with van der Waals surface area (Å²) in [4.78, 5) is 36.4. The summed E-state index contributed by atoms with van der Waals surface area (Å²) in [6.07, 6.45) is 9.63. The highest BCUT2D eigenvalue weighted by atomic mass is 32.2. The van der Waals surface area contributed by atoms with E-state index in [1.807, 2.05) is 41.7 Å². The average molecular weight is 1010 g/mol. The highest BCUT2D eigenvalue weighted by Gasteiger charge is 2.47. The molecule has 6 aromatic rings. The molecule has 0 spiro atoms. The molecule has 362 valence electrons. The first-order valence-electron chi connectivity index (χ1n) is 24.7. The van der Waals surface area contributed by atoms with E-state index in [4.69, 9.17) is 8.75 Å². The molecule has 0 unspecified atom stereocenters. The zero-order valence-corrected chi connectivity index (χ0v) is 44.8. The fourth-order valence-electron chi connectivity index (χ4n) is 10.3. The van der Waals surface area contributed by atoms with Crippen LogP contribution in [0.2, 0.25) is 0 Å². The van der Waals surface area contributed by atoms with Gasteiger partial charge in [0, 0.05) is 118 Å². The molecule has 3 aliphatic rings. The second kappa shape index (κ2) is 21.0. The number of anilines is 1. The smallest absolute Gasteiger partial charge is 0.220 e. The molecule has 71 heavy (non-hydrogen) atoms. The molecular formula is C58H59N7O2S4. The van der Waals surface area contributed by atoms with Crippen molar-refractivity contribution in [3.63, 3.8) is 0 Å². The number of nitrogens with zero attached hydrogens (tertiary/aromatic N) is 6. The van der Waals surface area contributed by atoms with Gasteiger partial charge in [0.05, 0.1) is 22.7 Å². The minimum atomic E-state index is -0.477. The number of allylic oxidation sites excluding steroid dienone is 7. The Morgan fingerprint density at radius 3 is 2.30 bits per heavy atom. The number of carbonyl (C=O) groups excluding carboxylic acids is 2. The van der Waals surface area contributed by atoms with Crippen LogP contribution < -0.4 is 10.2 Å². The van der Waals surface area contributed by atoms with Crippen LogP contribution in [0.25, 0.3) is 37.3 Å². The number of amides is 1. The Hall–Kier alpha value is -6.00. The molecule has 0 saturated carbocycles. The quantitative estimate of drug-likeness (QED) is 0.0214. The molecule has 13 heteroatoms. The molecule has 2 aliphatic heterocycles. The number of hydrogen-bond donors (Lipinski definition) is 1. The van der Waals surface area contributed by atoms with Crippen molar-refractivity contribution in [1.82, 2.24) is 14.1 Å². The molecule has 1 N–H and O–H groups in total. The maximum absolute atomic E-state index is 14.5. The van der Waals surface area contributed by atoms with E-state index in [9.17, 15) is 20.3 Å². The summed E-state index contributed by atoms with van der Waals surface area (Å²) in [5.41, 5.74) is 10.8. The van der Waals surface area contributed by atoms with Gasteiger partial charge in [-0.25, -0.2) is 5.87 Å². The molecule has 9 nitrogen and oxygen atoms in total. The summed E-state index contributed by atoms with van der Waals surface area (Å²) in [5.74, 6) is 2.67. The highest BCUT2D eigenvalue weighted by Crippen LogP contribution is 2.51. The van der Waals surface area contributed by atoms with Gasteiger partial charge in [-0.1, -0.05) is 77.4 Å². The third-order valence-electron chi connectivity index (χ3n) is 14.1. The predicted octanol–water partition coefficient (Wildman–Crippen LogP) is 13.7. The zero-order chi connectivity index (χ0) is 50.0. The number of thioether (sulfide) groups is 1. The lowest BCUT2D eigenvalue weighted by atomic mass is 9.73. The number of nitrogens with one attached hydrogen (secondary N) is 1. The van der Waals surface area contributed by atoms with Crippen molar-refractivity contribution in [1.29, 1.82) is 5.26 Å². The molecule has 1 amide bonds. The van der Waals surface area contributed by atoms with Crippen molar-refractivity contribution in [3.05, 3.63) is 145 Å². The fraction of sp³-hybridized carbons (Fsp3) is 0.345. The fourth-order valence-corrected chi connectivity index (χ4v) is 13.9. The van der Waals surface area contributed by atoms with E-state index in [1.165, 1.54) is 36.8 Å². The van der Waals surface area contributed by atoms with Crippen LogP contribution in [0.5, 0.6) is 0 Å². The lowest BCUT2D eigenvalue weighted by Gasteiger charge is -2.30. The van der Waals surface area contributed by atoms with Crippen LogP contribution >= 0.6 is 46.2 Å². The van der Waals surface area contributed by atoms with Crippen LogP contribution in [0.3, 0.4) is 0 Å². The Morgan fingerprint density at radius 1 is 0.873 bits per heavy atom. The molecule has 5 heterocycles. The number of thiophene rings is 2. The van der Waals surface area contributed by atoms with E-state index in [1.54, 1.807) is 23.1 Å². The normalized spacial score (nSPS) is 16.7. The van der Waals surface area contributed by atoms with Crippen LogP contribution in [0.1, 0.15) is 101 Å². The topological polar surface area (TPSA) is 124 Å². The Labute approximate surface area is 434 Å². The first-order valence-corrected chi connectivity index (χ1v) is 28.1. The molecule has 0 radical (unpaired) electrons. The van der Waals surface area contributed by atoms with Gasteiger partial charge in [-0.2, -0.15) is 18.6 Å². The molecule has 0 bridgehead atoms.